The van der Waals surface area contributed by atoms with E-state index in [0.717, 1.165) is 12.1 Å². The molecule has 1 aromatic carbocycles. The molecule has 1 fully saturated rings. The molecule has 2 rings (SSSR count). The Hall–Kier alpha value is -1.40. The van der Waals surface area contributed by atoms with Gasteiger partial charge in [-0.15, -0.1) is 0 Å². The molecular formula is C15H22N2O3S. The average molecular weight is 310 g/mol. The summed E-state index contributed by atoms with van der Waals surface area (Å²) in [4.78, 5) is 12.5. The molecule has 5 nitrogen and oxygen atoms in total. The lowest BCUT2D eigenvalue weighted by atomic mass is 9.96. The Bertz CT molecular complexity index is 610. The van der Waals surface area contributed by atoms with Crippen LogP contribution >= 0.6 is 0 Å². The Morgan fingerprint density at radius 1 is 1.29 bits per heavy atom. The minimum absolute atomic E-state index is 0.00254. The monoisotopic (exact) mass is 310 g/mol. The fourth-order valence-corrected chi connectivity index (χ4v) is 3.20. The van der Waals surface area contributed by atoms with Crippen molar-refractivity contribution in [2.24, 2.45) is 11.8 Å². The standard InChI is InChI=1S/C15H22N2O3S/c1-10-8-16-9-14(10)15(18)17-11(2)12-4-6-13(7-5-12)21(3,19)20/h4-7,10-11,14,16H,8-9H2,1-3H3,(H,17,18)/t10-,11?,14-/m1/s1. The Balaban J connectivity index is 2.03. The molecular weight excluding hydrogens is 288 g/mol. The van der Waals surface area contributed by atoms with Crippen molar-refractivity contribution in [1.29, 1.82) is 0 Å². The Labute approximate surface area is 126 Å². The number of hydrogen-bond donors (Lipinski definition) is 2. The molecule has 0 radical (unpaired) electrons. The first-order valence-electron chi connectivity index (χ1n) is 7.10. The molecule has 0 saturated carbocycles. The molecule has 0 aliphatic carbocycles. The predicted octanol–water partition coefficient (Wildman–Crippen LogP) is 1.12. The van der Waals surface area contributed by atoms with Gasteiger partial charge in [-0.3, -0.25) is 4.79 Å². The van der Waals surface area contributed by atoms with Gasteiger partial charge in [-0.2, -0.15) is 0 Å². The summed E-state index contributed by atoms with van der Waals surface area (Å²) in [7, 11) is -3.18. The van der Waals surface area contributed by atoms with Crippen molar-refractivity contribution >= 4 is 15.7 Å². The largest absolute Gasteiger partial charge is 0.349 e. The maximum absolute atomic E-state index is 12.2. The molecule has 0 bridgehead atoms. The molecule has 1 aromatic rings. The second kappa shape index (κ2) is 6.15. The first kappa shape index (κ1) is 16.0. The molecule has 1 amide bonds. The van der Waals surface area contributed by atoms with Crippen molar-refractivity contribution in [2.45, 2.75) is 24.8 Å². The fourth-order valence-electron chi connectivity index (χ4n) is 2.57. The van der Waals surface area contributed by atoms with Crippen LogP contribution in [0.15, 0.2) is 29.2 Å². The van der Waals surface area contributed by atoms with Crippen LogP contribution in [0.5, 0.6) is 0 Å². The summed E-state index contributed by atoms with van der Waals surface area (Å²) < 4.78 is 22.9. The zero-order valence-corrected chi connectivity index (χ0v) is 13.4. The van der Waals surface area contributed by atoms with Gasteiger partial charge in [0.15, 0.2) is 9.84 Å². The van der Waals surface area contributed by atoms with Crippen LogP contribution in [0.3, 0.4) is 0 Å². The lowest BCUT2D eigenvalue weighted by molar-refractivity contribution is -0.126. The van der Waals surface area contributed by atoms with E-state index in [-0.39, 0.29) is 17.9 Å². The van der Waals surface area contributed by atoms with Crippen LogP contribution in [0.1, 0.15) is 25.5 Å². The van der Waals surface area contributed by atoms with E-state index in [1.165, 1.54) is 6.26 Å². The van der Waals surface area contributed by atoms with Crippen molar-refractivity contribution in [3.8, 4) is 0 Å². The molecule has 1 heterocycles. The molecule has 6 heteroatoms. The highest BCUT2D eigenvalue weighted by molar-refractivity contribution is 7.90. The van der Waals surface area contributed by atoms with Crippen LogP contribution in [0, 0.1) is 11.8 Å². The van der Waals surface area contributed by atoms with Crippen molar-refractivity contribution < 1.29 is 13.2 Å². The molecule has 116 valence electrons. The van der Waals surface area contributed by atoms with Crippen LogP contribution in [0.4, 0.5) is 0 Å². The molecule has 21 heavy (non-hydrogen) atoms. The Kier molecular flexibility index (Phi) is 4.68. The number of nitrogens with one attached hydrogen (secondary N) is 2. The summed E-state index contributed by atoms with van der Waals surface area (Å²) in [6.07, 6.45) is 1.18. The van der Waals surface area contributed by atoms with Gasteiger partial charge in [0.05, 0.1) is 16.9 Å². The Morgan fingerprint density at radius 3 is 2.38 bits per heavy atom. The van der Waals surface area contributed by atoms with Crippen LogP contribution in [-0.2, 0) is 14.6 Å². The number of carbonyl (C=O) groups excluding carboxylic acids is 1. The summed E-state index contributed by atoms with van der Waals surface area (Å²) in [6, 6.07) is 6.51. The van der Waals surface area contributed by atoms with E-state index >= 15 is 0 Å². The van der Waals surface area contributed by atoms with Crippen LogP contribution in [0.2, 0.25) is 0 Å². The smallest absolute Gasteiger partial charge is 0.225 e. The summed E-state index contributed by atoms with van der Waals surface area (Å²) in [5, 5.41) is 6.21. The molecule has 1 aliphatic rings. The van der Waals surface area contributed by atoms with Gasteiger partial charge in [0, 0.05) is 12.8 Å². The molecule has 3 atom stereocenters. The third-order valence-electron chi connectivity index (χ3n) is 4.02. The van der Waals surface area contributed by atoms with Crippen molar-refractivity contribution in [2.75, 3.05) is 19.3 Å². The second-order valence-corrected chi connectivity index (χ2v) is 7.83. The summed E-state index contributed by atoms with van der Waals surface area (Å²) in [5.74, 6) is 0.389. The maximum Gasteiger partial charge on any atom is 0.225 e. The van der Waals surface area contributed by atoms with Gasteiger partial charge >= 0.3 is 0 Å². The highest BCUT2D eigenvalue weighted by Gasteiger charge is 2.30. The number of rotatable bonds is 4. The predicted molar refractivity (Wildman–Crippen MR) is 81.6 cm³/mol. The van der Waals surface area contributed by atoms with E-state index in [1.807, 2.05) is 6.92 Å². The number of benzene rings is 1. The zero-order valence-electron chi connectivity index (χ0n) is 12.6. The zero-order chi connectivity index (χ0) is 15.6. The highest BCUT2D eigenvalue weighted by atomic mass is 32.2. The normalized spacial score (nSPS) is 23.8. The Morgan fingerprint density at radius 2 is 1.90 bits per heavy atom. The number of amides is 1. The van der Waals surface area contributed by atoms with Crippen LogP contribution in [-0.4, -0.2) is 33.7 Å². The first-order chi connectivity index (χ1) is 9.79. The molecule has 1 unspecified atom stereocenters. The SMILES string of the molecule is CC(NC(=O)[C@@H]1CNC[C@H]1C)c1ccc(S(C)(=O)=O)cc1. The number of sulfone groups is 1. The average Bonchev–Trinajstić information content (AvgIpc) is 2.84. The lowest BCUT2D eigenvalue weighted by Gasteiger charge is -2.19. The fraction of sp³-hybridized carbons (Fsp3) is 0.533. The summed E-state index contributed by atoms with van der Waals surface area (Å²) >= 11 is 0. The van der Waals surface area contributed by atoms with E-state index in [1.54, 1.807) is 24.3 Å². The van der Waals surface area contributed by atoms with Gasteiger partial charge in [-0.25, -0.2) is 8.42 Å². The van der Waals surface area contributed by atoms with Gasteiger partial charge in [0.2, 0.25) is 5.91 Å². The van der Waals surface area contributed by atoms with Crippen molar-refractivity contribution in [3.05, 3.63) is 29.8 Å². The van der Waals surface area contributed by atoms with E-state index < -0.39 is 9.84 Å². The minimum atomic E-state index is -3.18. The van der Waals surface area contributed by atoms with Crippen molar-refractivity contribution in [3.63, 3.8) is 0 Å². The first-order valence-corrected chi connectivity index (χ1v) is 8.99. The molecule has 0 aromatic heterocycles. The van der Waals surface area contributed by atoms with Crippen LogP contribution in [0.25, 0.3) is 0 Å². The van der Waals surface area contributed by atoms with Crippen molar-refractivity contribution in [1.82, 2.24) is 10.6 Å². The summed E-state index contributed by atoms with van der Waals surface area (Å²) in [5.41, 5.74) is 0.898. The van der Waals surface area contributed by atoms with Gasteiger partial charge < -0.3 is 10.6 Å². The van der Waals surface area contributed by atoms with Gasteiger partial charge in [-0.1, -0.05) is 19.1 Å². The lowest BCUT2D eigenvalue weighted by Crippen LogP contribution is -2.35. The van der Waals surface area contributed by atoms with Gasteiger partial charge in [-0.05, 0) is 37.1 Å². The summed E-state index contributed by atoms with van der Waals surface area (Å²) in [6.45, 7) is 5.55. The van der Waals surface area contributed by atoms with E-state index in [0.29, 0.717) is 17.4 Å². The molecule has 1 saturated heterocycles. The molecule has 1 aliphatic heterocycles. The third kappa shape index (κ3) is 3.83. The maximum atomic E-state index is 12.2. The number of carbonyl (C=O) groups is 1. The number of hydrogen-bond acceptors (Lipinski definition) is 4. The van der Waals surface area contributed by atoms with Gasteiger partial charge in [0.25, 0.3) is 0 Å². The topological polar surface area (TPSA) is 75.3 Å². The van der Waals surface area contributed by atoms with E-state index in [9.17, 15) is 13.2 Å². The second-order valence-electron chi connectivity index (χ2n) is 5.81. The minimum Gasteiger partial charge on any atom is -0.349 e. The quantitative estimate of drug-likeness (QED) is 0.874. The van der Waals surface area contributed by atoms with E-state index in [2.05, 4.69) is 17.6 Å². The highest BCUT2D eigenvalue weighted by Crippen LogP contribution is 2.20. The van der Waals surface area contributed by atoms with E-state index in [4.69, 9.17) is 0 Å². The van der Waals surface area contributed by atoms with Crippen LogP contribution < -0.4 is 10.6 Å². The van der Waals surface area contributed by atoms with Gasteiger partial charge in [0.1, 0.15) is 0 Å². The molecule has 2 N–H and O–H groups in total. The molecule has 0 spiro atoms. The third-order valence-corrected chi connectivity index (χ3v) is 5.15.